The fraction of sp³-hybridized carbons (Fsp3) is 0.500. The third-order valence-electron chi connectivity index (χ3n) is 2.59. The van der Waals surface area contributed by atoms with E-state index in [9.17, 15) is 4.79 Å². The number of carbonyl (C=O) groups is 1. The predicted octanol–water partition coefficient (Wildman–Crippen LogP) is 2.53. The summed E-state index contributed by atoms with van der Waals surface area (Å²) in [7, 11) is 0. The molecular formula is C14H21NO2. The number of aryl methyl sites for hydroxylation is 1. The highest BCUT2D eigenvalue weighted by molar-refractivity contribution is 5.78. The number of para-hydroxylation sites is 1. The largest absolute Gasteiger partial charge is 0.425 e. The minimum absolute atomic E-state index is 0.348. The quantitative estimate of drug-likeness (QED) is 0.630. The number of hydrogen-bond donors (Lipinski definition) is 1. The molecule has 1 atom stereocenters. The van der Waals surface area contributed by atoms with Crippen molar-refractivity contribution in [3.8, 4) is 5.75 Å². The summed E-state index contributed by atoms with van der Waals surface area (Å²) in [6.07, 6.45) is 1.48. The van der Waals surface area contributed by atoms with Crippen molar-refractivity contribution in [1.82, 2.24) is 0 Å². The number of ether oxygens (including phenoxy) is 1. The van der Waals surface area contributed by atoms with Crippen molar-refractivity contribution in [2.75, 3.05) is 0 Å². The smallest absolute Gasteiger partial charge is 0.328 e. The molecule has 0 saturated carbocycles. The maximum absolute atomic E-state index is 11.8. The molecule has 0 spiro atoms. The number of carbonyl (C=O) groups excluding carboxylic acids is 1. The number of nitrogens with two attached hydrogens (primary N) is 1. The molecule has 0 aliphatic carbocycles. The molecular weight excluding hydrogens is 214 g/mol. The Balaban J connectivity index is 2.67. The van der Waals surface area contributed by atoms with E-state index in [1.165, 1.54) is 0 Å². The molecule has 94 valence electrons. The molecule has 0 aromatic heterocycles. The van der Waals surface area contributed by atoms with Crippen LogP contribution in [0.15, 0.2) is 24.3 Å². The van der Waals surface area contributed by atoms with Gasteiger partial charge in [0.15, 0.2) is 0 Å². The van der Waals surface area contributed by atoms with Crippen LogP contribution < -0.4 is 10.5 Å². The molecule has 2 N–H and O–H groups in total. The van der Waals surface area contributed by atoms with Crippen molar-refractivity contribution in [1.29, 1.82) is 0 Å². The van der Waals surface area contributed by atoms with Gasteiger partial charge in [-0.2, -0.15) is 0 Å². The van der Waals surface area contributed by atoms with Crippen LogP contribution in [0, 0.1) is 5.92 Å². The second-order valence-corrected chi connectivity index (χ2v) is 4.62. The Hall–Kier alpha value is -1.35. The van der Waals surface area contributed by atoms with Crippen LogP contribution in [0.4, 0.5) is 0 Å². The van der Waals surface area contributed by atoms with Crippen molar-refractivity contribution in [3.05, 3.63) is 29.8 Å². The van der Waals surface area contributed by atoms with Crippen LogP contribution in [0.2, 0.25) is 0 Å². The van der Waals surface area contributed by atoms with Gasteiger partial charge in [0, 0.05) is 0 Å². The summed E-state index contributed by atoms with van der Waals surface area (Å²) in [4.78, 5) is 11.8. The lowest BCUT2D eigenvalue weighted by Gasteiger charge is -2.14. The van der Waals surface area contributed by atoms with E-state index in [1.807, 2.05) is 39.0 Å². The van der Waals surface area contributed by atoms with Crippen LogP contribution >= 0.6 is 0 Å². The molecule has 0 aliphatic heterocycles. The molecule has 0 bridgehead atoms. The molecule has 1 aromatic carbocycles. The number of benzene rings is 1. The maximum Gasteiger partial charge on any atom is 0.328 e. The summed E-state index contributed by atoms with van der Waals surface area (Å²) in [5.41, 5.74) is 6.81. The minimum atomic E-state index is -0.542. The van der Waals surface area contributed by atoms with Gasteiger partial charge in [-0.15, -0.1) is 0 Å². The summed E-state index contributed by atoms with van der Waals surface area (Å²) in [6, 6.07) is 7.01. The zero-order chi connectivity index (χ0) is 12.8. The molecule has 1 aromatic rings. The highest BCUT2D eigenvalue weighted by Gasteiger charge is 2.18. The fourth-order valence-corrected chi connectivity index (χ4v) is 1.68. The van der Waals surface area contributed by atoms with E-state index in [1.54, 1.807) is 6.07 Å². The molecule has 0 fully saturated rings. The van der Waals surface area contributed by atoms with E-state index in [2.05, 4.69) is 0 Å². The molecule has 0 heterocycles. The van der Waals surface area contributed by atoms with Crippen molar-refractivity contribution in [2.24, 2.45) is 11.7 Å². The lowest BCUT2D eigenvalue weighted by Crippen LogP contribution is -2.35. The van der Waals surface area contributed by atoms with Crippen LogP contribution in [-0.4, -0.2) is 12.0 Å². The van der Waals surface area contributed by atoms with E-state index in [0.29, 0.717) is 18.1 Å². The van der Waals surface area contributed by atoms with Gasteiger partial charge in [-0.3, -0.25) is 0 Å². The summed E-state index contributed by atoms with van der Waals surface area (Å²) in [5.74, 6) is 0.665. The van der Waals surface area contributed by atoms with E-state index >= 15 is 0 Å². The normalized spacial score (nSPS) is 12.5. The van der Waals surface area contributed by atoms with Crippen LogP contribution in [0.25, 0.3) is 0 Å². The molecule has 0 radical (unpaired) electrons. The van der Waals surface area contributed by atoms with Gasteiger partial charge in [-0.1, -0.05) is 39.0 Å². The van der Waals surface area contributed by atoms with Gasteiger partial charge in [0.25, 0.3) is 0 Å². The Bertz CT molecular complexity index is 374. The minimum Gasteiger partial charge on any atom is -0.425 e. The topological polar surface area (TPSA) is 52.3 Å². The summed E-state index contributed by atoms with van der Waals surface area (Å²) >= 11 is 0. The van der Waals surface area contributed by atoms with E-state index < -0.39 is 6.04 Å². The summed E-state index contributed by atoms with van der Waals surface area (Å²) in [5, 5.41) is 0. The highest BCUT2D eigenvalue weighted by atomic mass is 16.5. The second kappa shape index (κ2) is 6.40. The third kappa shape index (κ3) is 4.19. The average Bonchev–Trinajstić information content (AvgIpc) is 2.28. The zero-order valence-corrected chi connectivity index (χ0v) is 10.8. The van der Waals surface area contributed by atoms with Crippen molar-refractivity contribution < 1.29 is 9.53 Å². The lowest BCUT2D eigenvalue weighted by atomic mass is 10.0. The van der Waals surface area contributed by atoms with E-state index in [0.717, 1.165) is 12.0 Å². The van der Waals surface area contributed by atoms with Gasteiger partial charge in [-0.05, 0) is 30.4 Å². The molecule has 17 heavy (non-hydrogen) atoms. The van der Waals surface area contributed by atoms with Crippen molar-refractivity contribution in [3.63, 3.8) is 0 Å². The first-order valence-electron chi connectivity index (χ1n) is 6.09. The molecule has 0 saturated heterocycles. The maximum atomic E-state index is 11.8. The van der Waals surface area contributed by atoms with Gasteiger partial charge in [0.1, 0.15) is 11.8 Å². The standard InChI is InChI=1S/C14H21NO2/c1-4-11-7-5-6-8-13(11)17-14(16)12(15)9-10(2)3/h5-8,10,12H,4,9,15H2,1-3H3. The first-order chi connectivity index (χ1) is 8.04. The molecule has 0 aliphatic rings. The van der Waals surface area contributed by atoms with Crippen LogP contribution in [0.5, 0.6) is 5.75 Å². The van der Waals surface area contributed by atoms with Crippen LogP contribution in [0.1, 0.15) is 32.8 Å². The molecule has 1 rings (SSSR count). The van der Waals surface area contributed by atoms with Gasteiger partial charge in [-0.25, -0.2) is 4.79 Å². The average molecular weight is 235 g/mol. The lowest BCUT2D eigenvalue weighted by molar-refractivity contribution is -0.136. The van der Waals surface area contributed by atoms with E-state index in [4.69, 9.17) is 10.5 Å². The summed E-state index contributed by atoms with van der Waals surface area (Å²) in [6.45, 7) is 6.10. The molecule has 0 amide bonds. The zero-order valence-electron chi connectivity index (χ0n) is 10.8. The number of hydrogen-bond acceptors (Lipinski definition) is 3. The Morgan fingerprint density at radius 1 is 1.35 bits per heavy atom. The predicted molar refractivity (Wildman–Crippen MR) is 68.9 cm³/mol. The third-order valence-corrected chi connectivity index (χ3v) is 2.59. The Kier molecular flexibility index (Phi) is 5.16. The first-order valence-corrected chi connectivity index (χ1v) is 6.09. The molecule has 3 heteroatoms. The van der Waals surface area contributed by atoms with Crippen molar-refractivity contribution in [2.45, 2.75) is 39.7 Å². The van der Waals surface area contributed by atoms with E-state index in [-0.39, 0.29) is 5.97 Å². The fourth-order valence-electron chi connectivity index (χ4n) is 1.68. The monoisotopic (exact) mass is 235 g/mol. The molecule has 3 nitrogen and oxygen atoms in total. The molecule has 1 unspecified atom stereocenters. The van der Waals surface area contributed by atoms with Gasteiger partial charge >= 0.3 is 5.97 Å². The number of esters is 1. The Morgan fingerprint density at radius 3 is 2.59 bits per heavy atom. The van der Waals surface area contributed by atoms with Crippen LogP contribution in [-0.2, 0) is 11.2 Å². The number of rotatable bonds is 5. The van der Waals surface area contributed by atoms with Gasteiger partial charge in [0.2, 0.25) is 0 Å². The Labute approximate surface area is 103 Å². The second-order valence-electron chi connectivity index (χ2n) is 4.62. The first kappa shape index (κ1) is 13.7. The van der Waals surface area contributed by atoms with Crippen LogP contribution in [0.3, 0.4) is 0 Å². The van der Waals surface area contributed by atoms with Crippen molar-refractivity contribution >= 4 is 5.97 Å². The Morgan fingerprint density at radius 2 is 2.00 bits per heavy atom. The summed E-state index contributed by atoms with van der Waals surface area (Å²) < 4.78 is 5.34. The highest BCUT2D eigenvalue weighted by Crippen LogP contribution is 2.19. The SMILES string of the molecule is CCc1ccccc1OC(=O)C(N)CC(C)C. The van der Waals surface area contributed by atoms with Gasteiger partial charge < -0.3 is 10.5 Å². The van der Waals surface area contributed by atoms with Gasteiger partial charge in [0.05, 0.1) is 0 Å².